The molecule has 1 aromatic carbocycles. The van der Waals surface area contributed by atoms with E-state index in [0.717, 1.165) is 30.5 Å². The van der Waals surface area contributed by atoms with E-state index in [9.17, 15) is 4.39 Å². The molecule has 3 rings (SSSR count). The fraction of sp³-hybridized carbons (Fsp3) is 0.455. The summed E-state index contributed by atoms with van der Waals surface area (Å²) in [5, 5.41) is 3.87. The van der Waals surface area contributed by atoms with Gasteiger partial charge >= 0.3 is 0 Å². The van der Waals surface area contributed by atoms with Gasteiger partial charge in [0.1, 0.15) is 5.82 Å². The van der Waals surface area contributed by atoms with Gasteiger partial charge in [0.05, 0.1) is 0 Å². The van der Waals surface area contributed by atoms with E-state index >= 15 is 0 Å². The van der Waals surface area contributed by atoms with Gasteiger partial charge in [0.2, 0.25) is 0 Å². The Kier molecular flexibility index (Phi) is 1.83. The molecule has 1 saturated heterocycles. The van der Waals surface area contributed by atoms with Crippen LogP contribution in [0.2, 0.25) is 5.02 Å². The van der Waals surface area contributed by atoms with Gasteiger partial charge in [-0.2, -0.15) is 0 Å². The molecule has 1 heterocycles. The van der Waals surface area contributed by atoms with E-state index in [1.165, 1.54) is 6.07 Å². The third-order valence-electron chi connectivity index (χ3n) is 3.32. The summed E-state index contributed by atoms with van der Waals surface area (Å²) >= 11 is 5.86. The van der Waals surface area contributed by atoms with Crippen LogP contribution in [0, 0.1) is 5.82 Å². The van der Waals surface area contributed by atoms with Gasteiger partial charge in [-0.05, 0) is 43.0 Å². The quantitative estimate of drug-likeness (QED) is 0.696. The third-order valence-corrected chi connectivity index (χ3v) is 3.54. The smallest absolute Gasteiger partial charge is 0.129 e. The van der Waals surface area contributed by atoms with Gasteiger partial charge in [-0.25, -0.2) is 4.39 Å². The molecule has 0 radical (unpaired) electrons. The standard InChI is InChI=1S/C11H11ClFN/c12-7-4-8-6-1-2-14-10(3-6)11(8)9(13)5-7/h4-6,10,14H,1-3H2/t6-,10+/m1/s1. The first kappa shape index (κ1) is 8.69. The number of rotatable bonds is 0. The fourth-order valence-corrected chi connectivity index (χ4v) is 2.94. The van der Waals surface area contributed by atoms with Crippen molar-refractivity contribution < 1.29 is 4.39 Å². The predicted octanol–water partition coefficient (Wildman–Crippen LogP) is 3.00. The normalized spacial score (nSPS) is 29.0. The van der Waals surface area contributed by atoms with E-state index in [4.69, 9.17) is 11.6 Å². The second kappa shape index (κ2) is 2.94. The molecule has 0 spiro atoms. The van der Waals surface area contributed by atoms with Gasteiger partial charge in [0, 0.05) is 16.6 Å². The molecule has 2 bridgehead atoms. The summed E-state index contributed by atoms with van der Waals surface area (Å²) in [7, 11) is 0. The van der Waals surface area contributed by atoms with Crippen molar-refractivity contribution in [3.63, 3.8) is 0 Å². The SMILES string of the molecule is Fc1cc(Cl)cc2c1[C@@H]1C[C@H]2CCN1. The molecule has 0 saturated carbocycles. The second-order valence-electron chi connectivity index (χ2n) is 4.12. The Labute approximate surface area is 87.3 Å². The highest BCUT2D eigenvalue weighted by atomic mass is 35.5. The van der Waals surface area contributed by atoms with Crippen LogP contribution in [0.5, 0.6) is 0 Å². The van der Waals surface area contributed by atoms with Crippen LogP contribution in [0.4, 0.5) is 4.39 Å². The summed E-state index contributed by atoms with van der Waals surface area (Å²) in [6.07, 6.45) is 2.13. The predicted molar refractivity (Wildman–Crippen MR) is 54.1 cm³/mol. The molecule has 1 N–H and O–H groups in total. The second-order valence-corrected chi connectivity index (χ2v) is 4.55. The molecule has 1 fully saturated rings. The molecular formula is C11H11ClFN. The minimum Gasteiger partial charge on any atom is -0.310 e. The number of benzene rings is 1. The number of nitrogens with one attached hydrogen (secondary N) is 1. The summed E-state index contributed by atoms with van der Waals surface area (Å²) in [5.41, 5.74) is 1.99. The molecule has 0 amide bonds. The van der Waals surface area contributed by atoms with E-state index < -0.39 is 0 Å². The summed E-state index contributed by atoms with van der Waals surface area (Å²) < 4.78 is 13.7. The van der Waals surface area contributed by atoms with Crippen molar-refractivity contribution in [3.8, 4) is 0 Å². The van der Waals surface area contributed by atoms with Crippen LogP contribution in [-0.4, -0.2) is 6.54 Å². The van der Waals surface area contributed by atoms with Crippen molar-refractivity contribution in [1.29, 1.82) is 0 Å². The minimum atomic E-state index is -0.144. The lowest BCUT2D eigenvalue weighted by molar-refractivity contribution is 0.404. The average molecular weight is 212 g/mol. The van der Waals surface area contributed by atoms with Crippen molar-refractivity contribution in [1.82, 2.24) is 5.32 Å². The molecule has 1 aromatic rings. The highest BCUT2D eigenvalue weighted by Crippen LogP contribution is 2.46. The number of hydrogen-bond acceptors (Lipinski definition) is 1. The summed E-state index contributed by atoms with van der Waals surface area (Å²) in [6, 6.07) is 3.57. The van der Waals surface area contributed by atoms with Crippen molar-refractivity contribution in [2.45, 2.75) is 24.8 Å². The highest BCUT2D eigenvalue weighted by molar-refractivity contribution is 6.30. The zero-order valence-corrected chi connectivity index (χ0v) is 8.44. The molecule has 74 valence electrons. The summed E-state index contributed by atoms with van der Waals surface area (Å²) in [5.74, 6) is 0.374. The maximum absolute atomic E-state index is 13.7. The Hall–Kier alpha value is -0.600. The van der Waals surface area contributed by atoms with Gasteiger partial charge in [-0.1, -0.05) is 11.6 Å². The van der Waals surface area contributed by atoms with Crippen LogP contribution in [0.3, 0.4) is 0 Å². The minimum absolute atomic E-state index is 0.144. The van der Waals surface area contributed by atoms with Crippen molar-refractivity contribution in [3.05, 3.63) is 34.1 Å². The number of piperidine rings is 1. The number of halogens is 2. The fourth-order valence-electron chi connectivity index (χ4n) is 2.73. The van der Waals surface area contributed by atoms with E-state index in [0.29, 0.717) is 10.9 Å². The largest absolute Gasteiger partial charge is 0.310 e. The maximum Gasteiger partial charge on any atom is 0.129 e. The van der Waals surface area contributed by atoms with Gasteiger partial charge < -0.3 is 5.32 Å². The number of hydrogen-bond donors (Lipinski definition) is 1. The first-order chi connectivity index (χ1) is 6.75. The molecule has 0 aromatic heterocycles. The van der Waals surface area contributed by atoms with Crippen LogP contribution >= 0.6 is 11.6 Å². The van der Waals surface area contributed by atoms with E-state index in [1.54, 1.807) is 0 Å². The molecule has 3 heteroatoms. The molecule has 1 aliphatic heterocycles. The summed E-state index contributed by atoms with van der Waals surface area (Å²) in [4.78, 5) is 0. The molecule has 2 atom stereocenters. The maximum atomic E-state index is 13.7. The van der Waals surface area contributed by atoms with Gasteiger partial charge in [-0.15, -0.1) is 0 Å². The molecule has 2 aliphatic rings. The van der Waals surface area contributed by atoms with Gasteiger partial charge in [-0.3, -0.25) is 0 Å². The monoisotopic (exact) mass is 211 g/mol. The van der Waals surface area contributed by atoms with Gasteiger partial charge in [0.25, 0.3) is 0 Å². The third kappa shape index (κ3) is 1.11. The first-order valence-electron chi connectivity index (χ1n) is 4.98. The average Bonchev–Trinajstić information content (AvgIpc) is 2.39. The molecule has 1 aliphatic carbocycles. The van der Waals surface area contributed by atoms with Crippen LogP contribution in [0.15, 0.2) is 12.1 Å². The lowest BCUT2D eigenvalue weighted by Gasteiger charge is -2.20. The molecule has 14 heavy (non-hydrogen) atoms. The molecular weight excluding hydrogens is 201 g/mol. The zero-order valence-electron chi connectivity index (χ0n) is 7.69. The van der Waals surface area contributed by atoms with Crippen molar-refractivity contribution in [2.24, 2.45) is 0 Å². The van der Waals surface area contributed by atoms with Crippen LogP contribution in [-0.2, 0) is 0 Å². The Morgan fingerprint density at radius 1 is 1.43 bits per heavy atom. The van der Waals surface area contributed by atoms with E-state index in [-0.39, 0.29) is 11.9 Å². The molecule has 1 nitrogen and oxygen atoms in total. The topological polar surface area (TPSA) is 12.0 Å². The van der Waals surface area contributed by atoms with E-state index in [1.807, 2.05) is 6.07 Å². The van der Waals surface area contributed by atoms with Crippen LogP contribution in [0.25, 0.3) is 0 Å². The zero-order chi connectivity index (χ0) is 9.71. The lowest BCUT2D eigenvalue weighted by Crippen LogP contribution is -2.25. The lowest BCUT2D eigenvalue weighted by atomic mass is 9.97. The van der Waals surface area contributed by atoms with Crippen molar-refractivity contribution >= 4 is 11.6 Å². The Balaban J connectivity index is 2.21. The molecule has 0 unspecified atom stereocenters. The Morgan fingerprint density at radius 3 is 3.14 bits per heavy atom. The van der Waals surface area contributed by atoms with Crippen LogP contribution in [0.1, 0.15) is 35.9 Å². The summed E-state index contributed by atoms with van der Waals surface area (Å²) in [6.45, 7) is 0.987. The Bertz CT molecular complexity index is 391. The first-order valence-corrected chi connectivity index (χ1v) is 5.35. The highest BCUT2D eigenvalue weighted by Gasteiger charge is 2.36. The Morgan fingerprint density at radius 2 is 2.29 bits per heavy atom. The van der Waals surface area contributed by atoms with Gasteiger partial charge in [0.15, 0.2) is 0 Å². The van der Waals surface area contributed by atoms with Crippen molar-refractivity contribution in [2.75, 3.05) is 6.54 Å². The van der Waals surface area contributed by atoms with Crippen LogP contribution < -0.4 is 5.32 Å². The van der Waals surface area contributed by atoms with E-state index in [2.05, 4.69) is 5.32 Å². The number of fused-ring (bicyclic) bond motifs is 5.